The second-order valence-corrected chi connectivity index (χ2v) is 5.16. The molecule has 0 fully saturated rings. The van der Waals surface area contributed by atoms with Crippen molar-refractivity contribution in [1.29, 1.82) is 0 Å². The van der Waals surface area contributed by atoms with Gasteiger partial charge in [0.1, 0.15) is 12.0 Å². The fourth-order valence-corrected chi connectivity index (χ4v) is 1.55. The predicted octanol–water partition coefficient (Wildman–Crippen LogP) is 0.591. The fraction of sp³-hybridized carbons (Fsp3) is 0.333. The lowest BCUT2D eigenvalue weighted by Crippen LogP contribution is -2.27. The van der Waals surface area contributed by atoms with E-state index in [-0.39, 0.29) is 11.2 Å². The lowest BCUT2D eigenvalue weighted by molar-refractivity contribution is 0.552. The second kappa shape index (κ2) is 6.89. The molecule has 10 heteroatoms. The summed E-state index contributed by atoms with van der Waals surface area (Å²) in [6, 6.07) is 1.93. The molecule has 116 valence electrons. The highest BCUT2D eigenvalue weighted by Gasteiger charge is 2.09. The van der Waals surface area contributed by atoms with Crippen LogP contribution < -0.4 is 11.1 Å². The summed E-state index contributed by atoms with van der Waals surface area (Å²) in [5.74, 6) is 1.02. The van der Waals surface area contributed by atoms with Gasteiger partial charge in [0.25, 0.3) is 0 Å². The van der Waals surface area contributed by atoms with Crippen molar-refractivity contribution in [2.45, 2.75) is 19.9 Å². The molecule has 22 heavy (non-hydrogen) atoms. The van der Waals surface area contributed by atoms with Crippen LogP contribution in [0.5, 0.6) is 0 Å². The third-order valence-corrected chi connectivity index (χ3v) is 2.77. The largest absolute Gasteiger partial charge is 0.375 e. The van der Waals surface area contributed by atoms with E-state index in [4.69, 9.17) is 18.0 Å². The van der Waals surface area contributed by atoms with E-state index < -0.39 is 0 Å². The topological polar surface area (TPSA) is 121 Å². The van der Waals surface area contributed by atoms with Gasteiger partial charge in [0.2, 0.25) is 5.95 Å². The summed E-state index contributed by atoms with van der Waals surface area (Å²) in [5.41, 5.74) is 6.68. The monoisotopic (exact) mass is 319 g/mol. The molecule has 2 rings (SSSR count). The van der Waals surface area contributed by atoms with Crippen molar-refractivity contribution in [3.05, 3.63) is 18.1 Å². The highest BCUT2D eigenvalue weighted by molar-refractivity contribution is 7.80. The van der Waals surface area contributed by atoms with Gasteiger partial charge in [-0.3, -0.25) is 5.10 Å². The molecule has 0 saturated heterocycles. The van der Waals surface area contributed by atoms with E-state index in [9.17, 15) is 0 Å². The van der Waals surface area contributed by atoms with Gasteiger partial charge in [-0.25, -0.2) is 20.0 Å². The van der Waals surface area contributed by atoms with Crippen LogP contribution in [0.3, 0.4) is 0 Å². The number of nitrogens with zero attached hydrogens (tertiary/aromatic N) is 6. The summed E-state index contributed by atoms with van der Waals surface area (Å²) < 4.78 is 0. The van der Waals surface area contributed by atoms with Crippen LogP contribution in [-0.4, -0.2) is 54.6 Å². The van der Waals surface area contributed by atoms with E-state index >= 15 is 0 Å². The number of H-pyrrole nitrogens is 1. The molecule has 2 aromatic heterocycles. The number of rotatable bonds is 5. The van der Waals surface area contributed by atoms with Crippen LogP contribution in [0, 0.1) is 0 Å². The molecule has 0 atom stereocenters. The van der Waals surface area contributed by atoms with Crippen molar-refractivity contribution >= 4 is 29.5 Å². The number of nitrogens with one attached hydrogen (secondary N) is 2. The first kappa shape index (κ1) is 15.8. The number of thiocarbonyl (C=S) groups is 1. The van der Waals surface area contributed by atoms with Crippen molar-refractivity contribution in [2.24, 2.45) is 10.8 Å². The average molecular weight is 319 g/mol. The maximum absolute atomic E-state index is 5.48. The number of hydrazone groups is 1. The number of hydrogen-bond donors (Lipinski definition) is 3. The van der Waals surface area contributed by atoms with Gasteiger partial charge in [-0.05, 0) is 32.1 Å². The highest BCUT2D eigenvalue weighted by atomic mass is 32.1. The molecule has 4 N–H and O–H groups in total. The Morgan fingerprint density at radius 2 is 2.27 bits per heavy atom. The first-order valence-electron chi connectivity index (χ1n) is 6.54. The van der Waals surface area contributed by atoms with E-state index in [0.29, 0.717) is 23.2 Å². The summed E-state index contributed by atoms with van der Waals surface area (Å²) in [5, 5.41) is 15.4. The van der Waals surface area contributed by atoms with Crippen LogP contribution in [0.1, 0.15) is 19.5 Å². The van der Waals surface area contributed by atoms with E-state index in [1.807, 2.05) is 13.8 Å². The number of anilines is 1. The number of aromatic amines is 1. The molecule has 0 aliphatic heterocycles. The van der Waals surface area contributed by atoms with Crippen LogP contribution in [0.4, 0.5) is 5.95 Å². The Labute approximate surface area is 133 Å². The summed E-state index contributed by atoms with van der Waals surface area (Å²) in [4.78, 5) is 12.9. The van der Waals surface area contributed by atoms with Gasteiger partial charge in [-0.2, -0.15) is 10.2 Å². The smallest absolute Gasteiger partial charge is 0.224 e. The molecule has 2 heterocycles. The van der Waals surface area contributed by atoms with E-state index in [0.717, 1.165) is 0 Å². The normalized spacial score (nSPS) is 11.1. The third kappa shape index (κ3) is 4.19. The highest BCUT2D eigenvalue weighted by Crippen LogP contribution is 2.14. The Morgan fingerprint density at radius 3 is 2.86 bits per heavy atom. The minimum Gasteiger partial charge on any atom is -0.375 e. The van der Waals surface area contributed by atoms with Gasteiger partial charge < -0.3 is 11.1 Å². The quantitative estimate of drug-likeness (QED) is 0.416. The van der Waals surface area contributed by atoms with E-state index in [2.05, 4.69) is 35.6 Å². The van der Waals surface area contributed by atoms with Crippen LogP contribution in [0.25, 0.3) is 11.5 Å². The summed E-state index contributed by atoms with van der Waals surface area (Å²) in [7, 11) is 1.66. The van der Waals surface area contributed by atoms with Crippen molar-refractivity contribution in [3.8, 4) is 11.5 Å². The SMILES string of the molecule is CC(C)Nc1nc(/C=N/N(C)C(N)=S)cc(-c2ncn[nH]2)n1. The van der Waals surface area contributed by atoms with Crippen molar-refractivity contribution in [3.63, 3.8) is 0 Å². The molecular weight excluding hydrogens is 302 g/mol. The van der Waals surface area contributed by atoms with Gasteiger partial charge >= 0.3 is 0 Å². The first-order chi connectivity index (χ1) is 10.5. The van der Waals surface area contributed by atoms with Crippen molar-refractivity contribution < 1.29 is 0 Å². The van der Waals surface area contributed by atoms with Gasteiger partial charge in [-0.1, -0.05) is 0 Å². The Bertz CT molecular complexity index is 665. The van der Waals surface area contributed by atoms with Crippen LogP contribution in [0.2, 0.25) is 0 Å². The molecule has 0 spiro atoms. The van der Waals surface area contributed by atoms with Crippen LogP contribution in [-0.2, 0) is 0 Å². The molecule has 0 aromatic carbocycles. The van der Waals surface area contributed by atoms with Crippen LogP contribution >= 0.6 is 12.2 Å². The second-order valence-electron chi connectivity index (χ2n) is 4.74. The molecule has 0 amide bonds. The molecule has 0 bridgehead atoms. The van der Waals surface area contributed by atoms with Gasteiger partial charge in [0, 0.05) is 13.1 Å². The van der Waals surface area contributed by atoms with E-state index in [1.165, 1.54) is 11.3 Å². The zero-order valence-electron chi connectivity index (χ0n) is 12.5. The standard InChI is InChI=1S/C12H17N9S/c1-7(2)17-12-18-8(5-16-21(3)11(13)22)4-9(19-12)10-14-6-15-20-10/h4-7H,1-3H3,(H2,13,22)(H,14,15,20)(H,17,18,19)/b16-5+. The molecule has 0 saturated carbocycles. The summed E-state index contributed by atoms with van der Waals surface area (Å²) in [6.07, 6.45) is 2.97. The molecular formula is C12H17N9S. The average Bonchev–Trinajstić information content (AvgIpc) is 2.97. The van der Waals surface area contributed by atoms with Gasteiger partial charge in [-0.15, -0.1) is 0 Å². The fourth-order valence-electron chi connectivity index (χ4n) is 1.51. The molecule has 0 aliphatic carbocycles. The summed E-state index contributed by atoms with van der Waals surface area (Å²) in [6.45, 7) is 4.00. The third-order valence-electron chi connectivity index (χ3n) is 2.50. The Kier molecular flexibility index (Phi) is 4.94. The number of hydrogen-bond acceptors (Lipinski definition) is 7. The molecule has 9 nitrogen and oxygen atoms in total. The zero-order chi connectivity index (χ0) is 16.1. The minimum absolute atomic E-state index is 0.168. The maximum Gasteiger partial charge on any atom is 0.224 e. The number of aromatic nitrogens is 5. The lowest BCUT2D eigenvalue weighted by Gasteiger charge is -2.11. The van der Waals surface area contributed by atoms with Crippen LogP contribution in [0.15, 0.2) is 17.5 Å². The zero-order valence-corrected chi connectivity index (χ0v) is 13.3. The minimum atomic E-state index is 0.168. The Hall–Kier alpha value is -2.62. The molecule has 2 aromatic rings. The Balaban J connectivity index is 2.36. The summed E-state index contributed by atoms with van der Waals surface area (Å²) >= 11 is 4.83. The molecule has 0 aliphatic rings. The van der Waals surface area contributed by atoms with E-state index in [1.54, 1.807) is 19.3 Å². The number of nitrogens with two attached hydrogens (primary N) is 1. The van der Waals surface area contributed by atoms with Crippen molar-refractivity contribution in [1.82, 2.24) is 30.2 Å². The predicted molar refractivity (Wildman–Crippen MR) is 88.3 cm³/mol. The maximum atomic E-state index is 5.48. The van der Waals surface area contributed by atoms with Gasteiger partial charge in [0.15, 0.2) is 10.9 Å². The molecule has 0 radical (unpaired) electrons. The lowest BCUT2D eigenvalue weighted by atomic mass is 10.3. The molecule has 0 unspecified atom stereocenters. The Morgan fingerprint density at radius 1 is 1.50 bits per heavy atom. The van der Waals surface area contributed by atoms with Crippen molar-refractivity contribution in [2.75, 3.05) is 12.4 Å². The van der Waals surface area contributed by atoms with Gasteiger partial charge in [0.05, 0.1) is 11.9 Å². The first-order valence-corrected chi connectivity index (χ1v) is 6.95.